The summed E-state index contributed by atoms with van der Waals surface area (Å²) in [6, 6.07) is -0.553. The molecule has 2 fully saturated rings. The molecule has 6 heteroatoms. The van der Waals surface area contributed by atoms with Gasteiger partial charge in [0.1, 0.15) is 6.04 Å². The lowest BCUT2D eigenvalue weighted by atomic mass is 9.84. The van der Waals surface area contributed by atoms with Crippen molar-refractivity contribution in [2.45, 2.75) is 64.5 Å². The van der Waals surface area contributed by atoms with Crippen LogP contribution < -0.4 is 0 Å². The average Bonchev–Trinajstić information content (AvgIpc) is 3.00. The minimum Gasteiger partial charge on any atom is -0.480 e. The molecule has 1 aliphatic heterocycles. The molecule has 0 bridgehead atoms. The number of amides is 1. The molecule has 1 N–H and O–H groups in total. The van der Waals surface area contributed by atoms with Gasteiger partial charge in [0.15, 0.2) is 0 Å². The van der Waals surface area contributed by atoms with Crippen LogP contribution in [0.2, 0.25) is 0 Å². The van der Waals surface area contributed by atoms with Crippen molar-refractivity contribution >= 4 is 11.9 Å². The molecule has 0 spiro atoms. The second kappa shape index (κ2) is 5.98. The van der Waals surface area contributed by atoms with E-state index in [4.69, 9.17) is 0 Å². The van der Waals surface area contributed by atoms with E-state index in [1.165, 1.54) is 0 Å². The predicted octanol–water partition coefficient (Wildman–Crippen LogP) is 1.82. The molecule has 1 saturated heterocycles. The Balaban J connectivity index is 1.85. The fourth-order valence-electron chi connectivity index (χ4n) is 4.36. The van der Waals surface area contributed by atoms with E-state index in [1.807, 2.05) is 20.9 Å². The average molecular weight is 319 g/mol. The second-order valence-corrected chi connectivity index (χ2v) is 6.95. The minimum atomic E-state index is -0.868. The standard InChI is InChI=1S/C17H25N3O3/c1-10-13(11(2)19(3)18-10)9-16(21)20-14-7-5-4-6-12(14)8-15(20)17(22)23/h12,14-15H,4-9H2,1-3H3,(H,22,23)/t12-,14+,15+/m1/s1. The van der Waals surface area contributed by atoms with Crippen LogP contribution in [-0.4, -0.2) is 43.7 Å². The maximum Gasteiger partial charge on any atom is 0.326 e. The van der Waals surface area contributed by atoms with Crippen molar-refractivity contribution in [3.63, 3.8) is 0 Å². The molecule has 1 aromatic rings. The normalized spacial score (nSPS) is 27.1. The maximum atomic E-state index is 12.9. The predicted molar refractivity (Wildman–Crippen MR) is 85.0 cm³/mol. The number of fused-ring (bicyclic) bond motifs is 1. The fraction of sp³-hybridized carbons (Fsp3) is 0.706. The number of aromatic nitrogens is 2. The van der Waals surface area contributed by atoms with Crippen LogP contribution in [0.5, 0.6) is 0 Å². The van der Waals surface area contributed by atoms with Crippen molar-refractivity contribution in [1.29, 1.82) is 0 Å². The number of aryl methyl sites for hydroxylation is 2. The maximum absolute atomic E-state index is 12.9. The van der Waals surface area contributed by atoms with Crippen molar-refractivity contribution in [1.82, 2.24) is 14.7 Å². The monoisotopic (exact) mass is 319 g/mol. The van der Waals surface area contributed by atoms with E-state index in [2.05, 4.69) is 5.10 Å². The SMILES string of the molecule is Cc1nn(C)c(C)c1CC(=O)N1[C@H](C(=O)O)C[C@H]2CCCC[C@@H]21. The molecule has 1 aromatic heterocycles. The van der Waals surface area contributed by atoms with Crippen LogP contribution in [0.3, 0.4) is 0 Å². The van der Waals surface area contributed by atoms with Crippen LogP contribution >= 0.6 is 0 Å². The number of likely N-dealkylation sites (tertiary alicyclic amines) is 1. The van der Waals surface area contributed by atoms with Gasteiger partial charge < -0.3 is 10.0 Å². The third-order valence-electron chi connectivity index (χ3n) is 5.65. The van der Waals surface area contributed by atoms with Crippen LogP contribution in [0, 0.1) is 19.8 Å². The summed E-state index contributed by atoms with van der Waals surface area (Å²) in [4.78, 5) is 26.2. The van der Waals surface area contributed by atoms with Crippen molar-refractivity contribution in [3.8, 4) is 0 Å². The molecule has 2 heterocycles. The number of hydrogen-bond acceptors (Lipinski definition) is 3. The Kier molecular flexibility index (Phi) is 4.17. The van der Waals surface area contributed by atoms with Crippen molar-refractivity contribution in [3.05, 3.63) is 17.0 Å². The third-order valence-corrected chi connectivity index (χ3v) is 5.65. The Bertz CT molecular complexity index is 637. The topological polar surface area (TPSA) is 75.4 Å². The number of carbonyl (C=O) groups excluding carboxylic acids is 1. The van der Waals surface area contributed by atoms with E-state index in [9.17, 15) is 14.7 Å². The lowest BCUT2D eigenvalue weighted by Gasteiger charge is -2.33. The number of carbonyl (C=O) groups is 2. The van der Waals surface area contributed by atoms with Gasteiger partial charge in [-0.25, -0.2) is 4.79 Å². The first-order chi connectivity index (χ1) is 10.9. The summed E-state index contributed by atoms with van der Waals surface area (Å²) in [6.45, 7) is 3.85. The van der Waals surface area contributed by atoms with E-state index in [0.717, 1.165) is 42.6 Å². The summed E-state index contributed by atoms with van der Waals surface area (Å²) in [5, 5.41) is 13.9. The highest BCUT2D eigenvalue weighted by molar-refractivity contribution is 5.86. The lowest BCUT2D eigenvalue weighted by molar-refractivity contribution is -0.149. The molecule has 0 aromatic carbocycles. The van der Waals surface area contributed by atoms with Crippen LogP contribution in [0.25, 0.3) is 0 Å². The van der Waals surface area contributed by atoms with Crippen molar-refractivity contribution < 1.29 is 14.7 Å². The van der Waals surface area contributed by atoms with Crippen LogP contribution in [0.15, 0.2) is 0 Å². The highest BCUT2D eigenvalue weighted by atomic mass is 16.4. The van der Waals surface area contributed by atoms with Gasteiger partial charge in [-0.2, -0.15) is 5.10 Å². The van der Waals surface area contributed by atoms with Gasteiger partial charge in [0.05, 0.1) is 12.1 Å². The van der Waals surface area contributed by atoms with E-state index < -0.39 is 12.0 Å². The van der Waals surface area contributed by atoms with Crippen molar-refractivity contribution in [2.75, 3.05) is 0 Å². The molecule has 1 saturated carbocycles. The van der Waals surface area contributed by atoms with Gasteiger partial charge >= 0.3 is 5.97 Å². The van der Waals surface area contributed by atoms with Gasteiger partial charge in [-0.05, 0) is 39.0 Å². The number of hydrogen-bond donors (Lipinski definition) is 1. The Morgan fingerprint density at radius 2 is 1.96 bits per heavy atom. The number of nitrogens with zero attached hydrogens (tertiary/aromatic N) is 3. The fourth-order valence-corrected chi connectivity index (χ4v) is 4.36. The first-order valence-corrected chi connectivity index (χ1v) is 8.43. The highest BCUT2D eigenvalue weighted by Crippen LogP contribution is 2.40. The van der Waals surface area contributed by atoms with Gasteiger partial charge in [-0.15, -0.1) is 0 Å². The number of carboxylic acid groups (broad SMARTS) is 1. The largest absolute Gasteiger partial charge is 0.480 e. The van der Waals surface area contributed by atoms with Crippen LogP contribution in [-0.2, 0) is 23.1 Å². The molecular weight excluding hydrogens is 294 g/mol. The summed E-state index contributed by atoms with van der Waals surface area (Å²) in [6.07, 6.45) is 5.07. The third kappa shape index (κ3) is 2.75. The summed E-state index contributed by atoms with van der Waals surface area (Å²) in [7, 11) is 1.86. The Morgan fingerprint density at radius 1 is 1.26 bits per heavy atom. The van der Waals surface area contributed by atoms with E-state index in [0.29, 0.717) is 12.3 Å². The van der Waals surface area contributed by atoms with Crippen molar-refractivity contribution in [2.24, 2.45) is 13.0 Å². The second-order valence-electron chi connectivity index (χ2n) is 6.95. The molecule has 2 aliphatic rings. The first-order valence-electron chi connectivity index (χ1n) is 8.43. The van der Waals surface area contributed by atoms with E-state index >= 15 is 0 Å². The Morgan fingerprint density at radius 3 is 2.57 bits per heavy atom. The molecule has 3 rings (SSSR count). The number of rotatable bonds is 3. The van der Waals surface area contributed by atoms with Gasteiger partial charge in [-0.3, -0.25) is 9.48 Å². The number of carboxylic acids is 1. The van der Waals surface area contributed by atoms with Crippen LogP contribution in [0.4, 0.5) is 0 Å². The molecule has 0 radical (unpaired) electrons. The lowest BCUT2D eigenvalue weighted by Crippen LogP contribution is -2.47. The Labute approximate surface area is 136 Å². The van der Waals surface area contributed by atoms with E-state index in [-0.39, 0.29) is 18.4 Å². The highest BCUT2D eigenvalue weighted by Gasteiger charge is 2.47. The molecule has 1 aliphatic carbocycles. The summed E-state index contributed by atoms with van der Waals surface area (Å²) in [5.41, 5.74) is 2.76. The summed E-state index contributed by atoms with van der Waals surface area (Å²) < 4.78 is 1.78. The molecule has 6 nitrogen and oxygen atoms in total. The zero-order valence-electron chi connectivity index (χ0n) is 14.1. The van der Waals surface area contributed by atoms with Gasteiger partial charge in [0.2, 0.25) is 5.91 Å². The first kappa shape index (κ1) is 16.0. The Hall–Kier alpha value is -1.85. The number of aliphatic carboxylic acids is 1. The zero-order valence-corrected chi connectivity index (χ0v) is 14.1. The van der Waals surface area contributed by atoms with Gasteiger partial charge in [0.25, 0.3) is 0 Å². The summed E-state index contributed by atoms with van der Waals surface area (Å²) in [5.74, 6) is -0.580. The minimum absolute atomic E-state index is 0.0639. The van der Waals surface area contributed by atoms with Gasteiger partial charge in [-0.1, -0.05) is 12.8 Å². The molecule has 3 atom stereocenters. The molecule has 23 heavy (non-hydrogen) atoms. The molecule has 0 unspecified atom stereocenters. The molecule has 126 valence electrons. The van der Waals surface area contributed by atoms with Gasteiger partial charge in [0, 0.05) is 24.3 Å². The molecule has 1 amide bonds. The quantitative estimate of drug-likeness (QED) is 0.922. The summed E-state index contributed by atoms with van der Waals surface area (Å²) >= 11 is 0. The molecular formula is C17H25N3O3. The zero-order chi connectivity index (χ0) is 16.7. The van der Waals surface area contributed by atoms with Crippen LogP contribution in [0.1, 0.15) is 49.1 Å². The smallest absolute Gasteiger partial charge is 0.326 e. The van der Waals surface area contributed by atoms with E-state index in [1.54, 1.807) is 9.58 Å².